The lowest BCUT2D eigenvalue weighted by molar-refractivity contribution is -0.143. The first-order valence-corrected chi connectivity index (χ1v) is 8.55. The molecule has 2 N–H and O–H groups in total. The van der Waals surface area contributed by atoms with Gasteiger partial charge in [-0.3, -0.25) is 0 Å². The zero-order chi connectivity index (χ0) is 19.4. The van der Waals surface area contributed by atoms with Gasteiger partial charge in [-0.1, -0.05) is 29.8 Å². The van der Waals surface area contributed by atoms with Gasteiger partial charge in [0.1, 0.15) is 0 Å². The first-order chi connectivity index (χ1) is 12.3. The van der Waals surface area contributed by atoms with Crippen LogP contribution in [0.3, 0.4) is 0 Å². The standard InChI is InChI=1S/C19H22ClNO5/c1-10(2)26-19(24)15-11(3)21-14(9-22)17(18(23)25-4)16(15)12-7-5-6-8-13(12)20/h5-8,10,16,21-22H,9H2,1-4H3. The fourth-order valence-corrected chi connectivity index (χ4v) is 3.19. The van der Waals surface area contributed by atoms with E-state index in [1.165, 1.54) is 7.11 Å². The van der Waals surface area contributed by atoms with E-state index >= 15 is 0 Å². The van der Waals surface area contributed by atoms with E-state index in [-0.39, 0.29) is 22.9 Å². The van der Waals surface area contributed by atoms with Gasteiger partial charge in [-0.15, -0.1) is 0 Å². The molecule has 2 rings (SSSR count). The molecule has 0 amide bonds. The van der Waals surface area contributed by atoms with Crippen LogP contribution in [0.25, 0.3) is 0 Å². The summed E-state index contributed by atoms with van der Waals surface area (Å²) >= 11 is 6.35. The number of carbonyl (C=O) groups is 2. The van der Waals surface area contributed by atoms with Crippen molar-refractivity contribution in [1.29, 1.82) is 0 Å². The summed E-state index contributed by atoms with van der Waals surface area (Å²) in [4.78, 5) is 25.2. The van der Waals surface area contributed by atoms with Gasteiger partial charge in [-0.2, -0.15) is 0 Å². The van der Waals surface area contributed by atoms with Crippen molar-refractivity contribution < 1.29 is 24.2 Å². The van der Waals surface area contributed by atoms with Gasteiger partial charge in [0.25, 0.3) is 0 Å². The summed E-state index contributed by atoms with van der Waals surface area (Å²) in [5.74, 6) is -2.03. The monoisotopic (exact) mass is 379 g/mol. The van der Waals surface area contributed by atoms with Crippen molar-refractivity contribution >= 4 is 23.5 Å². The average Bonchev–Trinajstić information content (AvgIpc) is 2.59. The van der Waals surface area contributed by atoms with Crippen LogP contribution < -0.4 is 5.32 Å². The van der Waals surface area contributed by atoms with Crippen molar-refractivity contribution in [1.82, 2.24) is 5.32 Å². The van der Waals surface area contributed by atoms with Crippen molar-refractivity contribution in [2.45, 2.75) is 32.8 Å². The zero-order valence-electron chi connectivity index (χ0n) is 15.1. The predicted molar refractivity (Wildman–Crippen MR) is 97.4 cm³/mol. The number of aliphatic hydroxyl groups is 1. The molecule has 0 saturated carbocycles. The fourth-order valence-electron chi connectivity index (χ4n) is 2.94. The number of ether oxygens (including phenoxy) is 2. The predicted octanol–water partition coefficient (Wildman–Crippen LogP) is 2.67. The highest BCUT2D eigenvalue weighted by molar-refractivity contribution is 6.31. The topological polar surface area (TPSA) is 84.9 Å². The number of dihydropyridines is 1. The SMILES string of the molecule is COC(=O)C1=C(CO)NC(C)=C(C(=O)OC(C)C)C1c1ccccc1Cl. The summed E-state index contributed by atoms with van der Waals surface area (Å²) < 4.78 is 10.3. The molecule has 1 aromatic carbocycles. The minimum atomic E-state index is -0.814. The van der Waals surface area contributed by atoms with Crippen LogP contribution in [0.4, 0.5) is 0 Å². The van der Waals surface area contributed by atoms with Crippen LogP contribution in [0.5, 0.6) is 0 Å². The van der Waals surface area contributed by atoms with E-state index in [1.54, 1.807) is 45.0 Å². The smallest absolute Gasteiger partial charge is 0.337 e. The molecule has 1 aliphatic rings. The molecule has 0 saturated heterocycles. The van der Waals surface area contributed by atoms with Crippen LogP contribution in [-0.4, -0.2) is 36.9 Å². The number of rotatable bonds is 5. The van der Waals surface area contributed by atoms with Crippen molar-refractivity contribution in [2.24, 2.45) is 0 Å². The number of halogens is 1. The molecule has 0 spiro atoms. The van der Waals surface area contributed by atoms with Gasteiger partial charge in [0.15, 0.2) is 0 Å². The molecular formula is C19H22ClNO5. The molecule has 1 unspecified atom stereocenters. The molecule has 0 fully saturated rings. The Kier molecular flexibility index (Phi) is 6.45. The molecule has 6 nitrogen and oxygen atoms in total. The second kappa shape index (κ2) is 8.38. The van der Waals surface area contributed by atoms with Crippen LogP contribution in [0.1, 0.15) is 32.3 Å². The van der Waals surface area contributed by atoms with Crippen molar-refractivity contribution in [3.8, 4) is 0 Å². The number of esters is 2. The second-order valence-corrected chi connectivity index (χ2v) is 6.52. The maximum absolute atomic E-state index is 12.8. The van der Waals surface area contributed by atoms with Gasteiger partial charge < -0.3 is 19.9 Å². The van der Waals surface area contributed by atoms with Gasteiger partial charge in [0, 0.05) is 10.7 Å². The Morgan fingerprint density at radius 1 is 1.23 bits per heavy atom. The zero-order valence-corrected chi connectivity index (χ0v) is 15.9. The number of hydrogen-bond donors (Lipinski definition) is 2. The number of benzene rings is 1. The number of hydrogen-bond acceptors (Lipinski definition) is 6. The molecule has 0 aliphatic carbocycles. The van der Waals surface area contributed by atoms with Crippen LogP contribution >= 0.6 is 11.6 Å². The number of aliphatic hydroxyl groups excluding tert-OH is 1. The number of methoxy groups -OCH3 is 1. The Balaban J connectivity index is 2.72. The van der Waals surface area contributed by atoms with Crippen LogP contribution in [0, 0.1) is 0 Å². The van der Waals surface area contributed by atoms with E-state index in [2.05, 4.69) is 5.32 Å². The van der Waals surface area contributed by atoms with Gasteiger partial charge >= 0.3 is 11.9 Å². The van der Waals surface area contributed by atoms with Gasteiger partial charge in [0.05, 0.1) is 42.6 Å². The minimum Gasteiger partial charge on any atom is -0.466 e. The van der Waals surface area contributed by atoms with Crippen molar-refractivity contribution in [3.05, 3.63) is 57.4 Å². The molecule has 0 radical (unpaired) electrons. The highest BCUT2D eigenvalue weighted by Gasteiger charge is 2.39. The lowest BCUT2D eigenvalue weighted by atomic mass is 9.80. The van der Waals surface area contributed by atoms with Crippen LogP contribution in [0.15, 0.2) is 46.8 Å². The van der Waals surface area contributed by atoms with E-state index in [0.29, 0.717) is 16.3 Å². The first-order valence-electron chi connectivity index (χ1n) is 8.17. The summed E-state index contributed by atoms with van der Waals surface area (Å²) in [5.41, 5.74) is 1.68. The summed E-state index contributed by atoms with van der Waals surface area (Å²) in [7, 11) is 1.24. The summed E-state index contributed by atoms with van der Waals surface area (Å²) in [6, 6.07) is 6.92. The molecular weight excluding hydrogens is 358 g/mol. The first kappa shape index (κ1) is 20.0. The van der Waals surface area contributed by atoms with E-state index in [9.17, 15) is 14.7 Å². The Labute approximate surface area is 157 Å². The number of carbonyl (C=O) groups excluding carboxylic acids is 2. The number of allylic oxidation sites excluding steroid dienone is 1. The second-order valence-electron chi connectivity index (χ2n) is 6.11. The third kappa shape index (κ3) is 3.92. The van der Waals surface area contributed by atoms with Crippen LogP contribution in [-0.2, 0) is 19.1 Å². The quantitative estimate of drug-likeness (QED) is 0.765. The Bertz CT molecular complexity index is 782. The number of nitrogens with one attached hydrogen (secondary N) is 1. The molecule has 1 heterocycles. The third-order valence-corrected chi connectivity index (χ3v) is 4.33. The van der Waals surface area contributed by atoms with Crippen molar-refractivity contribution in [3.63, 3.8) is 0 Å². The Morgan fingerprint density at radius 2 is 1.88 bits per heavy atom. The molecule has 1 aliphatic heterocycles. The molecule has 0 aromatic heterocycles. The molecule has 1 aromatic rings. The maximum atomic E-state index is 12.8. The molecule has 0 bridgehead atoms. The summed E-state index contributed by atoms with van der Waals surface area (Å²) in [6.07, 6.45) is -0.334. The van der Waals surface area contributed by atoms with E-state index in [0.717, 1.165) is 0 Å². The highest BCUT2D eigenvalue weighted by atomic mass is 35.5. The van der Waals surface area contributed by atoms with E-state index < -0.39 is 24.5 Å². The third-order valence-electron chi connectivity index (χ3n) is 3.99. The van der Waals surface area contributed by atoms with Crippen molar-refractivity contribution in [2.75, 3.05) is 13.7 Å². The molecule has 7 heteroatoms. The van der Waals surface area contributed by atoms with Gasteiger partial charge in [0.2, 0.25) is 0 Å². The minimum absolute atomic E-state index is 0.129. The summed E-state index contributed by atoms with van der Waals surface area (Å²) in [6.45, 7) is 4.75. The normalized spacial score (nSPS) is 17.3. The largest absolute Gasteiger partial charge is 0.466 e. The van der Waals surface area contributed by atoms with Gasteiger partial charge in [-0.05, 0) is 32.4 Å². The fraction of sp³-hybridized carbons (Fsp3) is 0.368. The Hall–Kier alpha value is -2.31. The molecule has 140 valence electrons. The van der Waals surface area contributed by atoms with Gasteiger partial charge in [-0.25, -0.2) is 9.59 Å². The lowest BCUT2D eigenvalue weighted by Gasteiger charge is -2.31. The Morgan fingerprint density at radius 3 is 2.42 bits per heavy atom. The molecule has 1 atom stereocenters. The summed E-state index contributed by atoms with van der Waals surface area (Å²) in [5, 5.41) is 13.0. The maximum Gasteiger partial charge on any atom is 0.337 e. The highest BCUT2D eigenvalue weighted by Crippen LogP contribution is 2.41. The van der Waals surface area contributed by atoms with Crippen LogP contribution in [0.2, 0.25) is 5.02 Å². The average molecular weight is 380 g/mol. The molecule has 26 heavy (non-hydrogen) atoms. The van der Waals surface area contributed by atoms with E-state index in [4.69, 9.17) is 21.1 Å². The van der Waals surface area contributed by atoms with E-state index in [1.807, 2.05) is 0 Å². The lowest BCUT2D eigenvalue weighted by Crippen LogP contribution is -2.34.